The van der Waals surface area contributed by atoms with E-state index in [9.17, 15) is 19.5 Å². The summed E-state index contributed by atoms with van der Waals surface area (Å²) in [5.41, 5.74) is 3.10. The van der Waals surface area contributed by atoms with Gasteiger partial charge < -0.3 is 20.3 Å². The first kappa shape index (κ1) is 22.9. The Bertz CT molecular complexity index is 1590. The van der Waals surface area contributed by atoms with Crippen LogP contribution in [0.4, 0.5) is 5.69 Å². The van der Waals surface area contributed by atoms with Gasteiger partial charge in [0.1, 0.15) is 4.88 Å². The fraction of sp³-hybridized carbons (Fsp3) is 0.231. The molecular weight excluding hydrogens is 500 g/mol. The first-order valence-corrected chi connectivity index (χ1v) is 12.7. The molecule has 2 aliphatic rings. The summed E-state index contributed by atoms with van der Waals surface area (Å²) in [4.78, 5) is 42.9. The number of aliphatic hydroxyl groups excluding tert-OH is 1. The summed E-state index contributed by atoms with van der Waals surface area (Å²) >= 11 is 7.50. The van der Waals surface area contributed by atoms with Gasteiger partial charge in [0.15, 0.2) is 0 Å². The zero-order valence-corrected chi connectivity index (χ0v) is 20.5. The average Bonchev–Trinajstić information content (AvgIpc) is 3.59. The predicted molar refractivity (Wildman–Crippen MR) is 139 cm³/mol. The fourth-order valence-corrected chi connectivity index (χ4v) is 5.72. The summed E-state index contributed by atoms with van der Waals surface area (Å²) in [6.07, 6.45) is 3.08. The van der Waals surface area contributed by atoms with E-state index in [0.717, 1.165) is 46.6 Å². The summed E-state index contributed by atoms with van der Waals surface area (Å²) in [6.45, 7) is 0.576. The average molecular weight is 521 g/mol. The molecule has 1 saturated carbocycles. The molecule has 1 aliphatic heterocycles. The molecule has 2 aromatic carbocycles. The van der Waals surface area contributed by atoms with Crippen molar-refractivity contribution in [3.05, 3.63) is 80.0 Å². The normalized spacial score (nSPS) is 15.7. The number of hydrogen-bond donors (Lipinski definition) is 3. The molecule has 0 atom stereocenters. The van der Waals surface area contributed by atoms with Crippen molar-refractivity contribution in [1.82, 2.24) is 14.3 Å². The van der Waals surface area contributed by atoms with E-state index in [1.54, 1.807) is 30.5 Å². The van der Waals surface area contributed by atoms with Crippen LogP contribution in [0.3, 0.4) is 0 Å². The number of anilines is 1. The molecule has 2 aromatic heterocycles. The van der Waals surface area contributed by atoms with Crippen LogP contribution in [-0.4, -0.2) is 50.4 Å². The van der Waals surface area contributed by atoms with Crippen LogP contribution in [-0.2, 0) is 0 Å². The van der Waals surface area contributed by atoms with Gasteiger partial charge in [0.05, 0.1) is 22.4 Å². The monoisotopic (exact) mass is 520 g/mol. The van der Waals surface area contributed by atoms with Crippen molar-refractivity contribution in [2.24, 2.45) is 0 Å². The molecule has 1 saturated heterocycles. The number of H-pyrrole nitrogens is 1. The van der Waals surface area contributed by atoms with E-state index in [-0.39, 0.29) is 41.4 Å². The summed E-state index contributed by atoms with van der Waals surface area (Å²) in [6, 6.07) is 12.2. The Morgan fingerprint density at radius 3 is 2.67 bits per heavy atom. The third-order valence-electron chi connectivity index (χ3n) is 6.60. The molecule has 10 heteroatoms. The number of β-amino-alcohol motifs (C(OH)–C–C–N with tert-alkyl or cyclic N) is 1. The number of fused-ring (bicyclic) bond motifs is 1. The standard InChI is InChI=1S/C26H21ClN4O4S/c27-20-10-14(6-7-19(20)26(35)31-11-15(32)12-31)29-25(34)23-21(13-4-5-13)22(30-36-23)17-2-1-3-18-16(17)8-9-28-24(18)33/h1-3,6-10,13,15,32H,4-5,11-12H2,(H,28,33)(H,29,34). The Balaban J connectivity index is 1.30. The van der Waals surface area contributed by atoms with Crippen LogP contribution < -0.4 is 10.9 Å². The molecule has 3 heterocycles. The number of hydrogen-bond acceptors (Lipinski definition) is 6. The lowest BCUT2D eigenvalue weighted by Gasteiger charge is -2.36. The minimum atomic E-state index is -0.495. The van der Waals surface area contributed by atoms with Crippen molar-refractivity contribution in [3.8, 4) is 11.3 Å². The van der Waals surface area contributed by atoms with Gasteiger partial charge in [0, 0.05) is 41.5 Å². The van der Waals surface area contributed by atoms with E-state index >= 15 is 0 Å². The third kappa shape index (κ3) is 3.99. The van der Waals surface area contributed by atoms with E-state index in [4.69, 9.17) is 11.6 Å². The molecule has 36 heavy (non-hydrogen) atoms. The zero-order valence-electron chi connectivity index (χ0n) is 19.0. The van der Waals surface area contributed by atoms with Crippen molar-refractivity contribution < 1.29 is 14.7 Å². The fourth-order valence-electron chi connectivity index (χ4n) is 4.58. The Hall–Kier alpha value is -3.53. The van der Waals surface area contributed by atoms with Gasteiger partial charge in [-0.2, -0.15) is 4.37 Å². The minimum absolute atomic E-state index is 0.167. The van der Waals surface area contributed by atoms with Crippen molar-refractivity contribution in [3.63, 3.8) is 0 Å². The van der Waals surface area contributed by atoms with Gasteiger partial charge in [-0.3, -0.25) is 14.4 Å². The first-order chi connectivity index (χ1) is 17.4. The minimum Gasteiger partial charge on any atom is -0.389 e. The van der Waals surface area contributed by atoms with E-state index in [0.29, 0.717) is 21.5 Å². The number of aliphatic hydroxyl groups is 1. The van der Waals surface area contributed by atoms with Crippen LogP contribution >= 0.6 is 23.1 Å². The van der Waals surface area contributed by atoms with Crippen LogP contribution in [0.2, 0.25) is 5.02 Å². The summed E-state index contributed by atoms with van der Waals surface area (Å²) in [7, 11) is 0. The highest BCUT2D eigenvalue weighted by molar-refractivity contribution is 7.08. The number of aromatic nitrogens is 2. The van der Waals surface area contributed by atoms with Gasteiger partial charge in [0.25, 0.3) is 17.4 Å². The van der Waals surface area contributed by atoms with Gasteiger partial charge in [-0.15, -0.1) is 0 Å². The van der Waals surface area contributed by atoms with E-state index in [1.165, 1.54) is 4.90 Å². The molecule has 3 N–H and O–H groups in total. The van der Waals surface area contributed by atoms with E-state index < -0.39 is 6.10 Å². The van der Waals surface area contributed by atoms with Gasteiger partial charge in [-0.05, 0) is 66.0 Å². The quantitative estimate of drug-likeness (QED) is 0.364. The van der Waals surface area contributed by atoms with Gasteiger partial charge in [-0.1, -0.05) is 23.7 Å². The zero-order chi connectivity index (χ0) is 25.0. The molecule has 2 fully saturated rings. The SMILES string of the molecule is O=C(Nc1ccc(C(=O)N2CC(O)C2)c(Cl)c1)c1snc(-c2cccc3c(=O)[nH]ccc23)c1C1CC1. The molecule has 6 rings (SSSR count). The first-order valence-electron chi connectivity index (χ1n) is 11.6. The number of carbonyl (C=O) groups is 2. The van der Waals surface area contributed by atoms with Crippen molar-refractivity contribution in [1.29, 1.82) is 0 Å². The molecule has 182 valence electrons. The molecule has 4 aromatic rings. The number of nitrogens with zero attached hydrogens (tertiary/aromatic N) is 2. The number of benzene rings is 2. The van der Waals surface area contributed by atoms with Crippen molar-refractivity contribution in [2.75, 3.05) is 18.4 Å². The van der Waals surface area contributed by atoms with Crippen LogP contribution in [0.15, 0.2) is 53.5 Å². The van der Waals surface area contributed by atoms with Gasteiger partial charge >= 0.3 is 0 Å². The molecule has 0 spiro atoms. The molecule has 8 nitrogen and oxygen atoms in total. The lowest BCUT2D eigenvalue weighted by atomic mass is 9.98. The van der Waals surface area contributed by atoms with Crippen LogP contribution in [0.25, 0.3) is 22.0 Å². The van der Waals surface area contributed by atoms with E-state index in [2.05, 4.69) is 14.7 Å². The van der Waals surface area contributed by atoms with Crippen LogP contribution in [0, 0.1) is 0 Å². The van der Waals surface area contributed by atoms with E-state index in [1.807, 2.05) is 18.2 Å². The Morgan fingerprint density at radius 1 is 1.14 bits per heavy atom. The smallest absolute Gasteiger partial charge is 0.267 e. The lowest BCUT2D eigenvalue weighted by molar-refractivity contribution is 0.00591. The van der Waals surface area contributed by atoms with Crippen molar-refractivity contribution in [2.45, 2.75) is 24.9 Å². The Kier molecular flexibility index (Phi) is 5.63. The number of likely N-dealkylation sites (tertiary alicyclic amines) is 1. The summed E-state index contributed by atoms with van der Waals surface area (Å²) in [5.74, 6) is -0.299. The number of rotatable bonds is 5. The number of carbonyl (C=O) groups excluding carboxylic acids is 2. The number of amides is 2. The highest BCUT2D eigenvalue weighted by atomic mass is 35.5. The number of aromatic amines is 1. The third-order valence-corrected chi connectivity index (χ3v) is 7.77. The highest BCUT2D eigenvalue weighted by Gasteiger charge is 2.34. The molecular formula is C26H21ClN4O4S. The molecule has 1 aliphatic carbocycles. The Morgan fingerprint density at radius 2 is 1.94 bits per heavy atom. The summed E-state index contributed by atoms with van der Waals surface area (Å²) in [5, 5.41) is 13.9. The highest BCUT2D eigenvalue weighted by Crippen LogP contribution is 2.48. The van der Waals surface area contributed by atoms with Crippen molar-refractivity contribution >= 4 is 51.4 Å². The van der Waals surface area contributed by atoms with Crippen LogP contribution in [0.1, 0.15) is 44.4 Å². The maximum Gasteiger partial charge on any atom is 0.267 e. The molecule has 2 amide bonds. The van der Waals surface area contributed by atoms with Crippen LogP contribution in [0.5, 0.6) is 0 Å². The number of halogens is 1. The second-order valence-electron chi connectivity index (χ2n) is 9.13. The predicted octanol–water partition coefficient (Wildman–Crippen LogP) is 4.25. The number of pyridine rings is 1. The number of nitrogens with one attached hydrogen (secondary N) is 2. The maximum absolute atomic E-state index is 13.3. The maximum atomic E-state index is 13.3. The molecule has 0 bridgehead atoms. The second-order valence-corrected chi connectivity index (χ2v) is 10.3. The topological polar surface area (TPSA) is 115 Å². The molecule has 0 unspecified atom stereocenters. The summed E-state index contributed by atoms with van der Waals surface area (Å²) < 4.78 is 4.66. The second kappa shape index (κ2) is 8.85. The largest absolute Gasteiger partial charge is 0.389 e. The Labute approximate surface area is 214 Å². The van der Waals surface area contributed by atoms with Gasteiger partial charge in [-0.25, -0.2) is 0 Å². The molecule has 0 radical (unpaired) electrons. The lowest BCUT2D eigenvalue weighted by Crippen LogP contribution is -2.53. The van der Waals surface area contributed by atoms with Gasteiger partial charge in [0.2, 0.25) is 0 Å².